The lowest BCUT2D eigenvalue weighted by molar-refractivity contribution is 0.415. The van der Waals surface area contributed by atoms with E-state index in [2.05, 4.69) is 43.5 Å². The molecule has 23 heavy (non-hydrogen) atoms. The van der Waals surface area contributed by atoms with Crippen LogP contribution in [-0.2, 0) is 0 Å². The van der Waals surface area contributed by atoms with E-state index < -0.39 is 0 Å². The van der Waals surface area contributed by atoms with E-state index in [-0.39, 0.29) is 6.04 Å². The van der Waals surface area contributed by atoms with Crippen molar-refractivity contribution in [2.24, 2.45) is 5.73 Å². The van der Waals surface area contributed by atoms with Crippen molar-refractivity contribution in [3.63, 3.8) is 0 Å². The summed E-state index contributed by atoms with van der Waals surface area (Å²) in [6.07, 6.45) is 0. The molecule has 2 N–H and O–H groups in total. The van der Waals surface area contributed by atoms with E-state index in [4.69, 9.17) is 15.5 Å². The van der Waals surface area contributed by atoms with Crippen LogP contribution in [0.4, 0.5) is 0 Å². The van der Waals surface area contributed by atoms with Gasteiger partial charge in [-0.3, -0.25) is 0 Å². The van der Waals surface area contributed by atoms with Gasteiger partial charge < -0.3 is 15.0 Å². The first-order chi connectivity index (χ1) is 11.0. The lowest BCUT2D eigenvalue weighted by Gasteiger charge is -2.16. The fraction of sp³-hybridized carbons (Fsp3) is 0.316. The van der Waals surface area contributed by atoms with Crippen molar-refractivity contribution in [2.45, 2.75) is 26.8 Å². The summed E-state index contributed by atoms with van der Waals surface area (Å²) in [6.45, 7) is 6.94. The maximum atomic E-state index is 5.95. The predicted octanol–water partition coefficient (Wildman–Crippen LogP) is 3.85. The van der Waals surface area contributed by atoms with Crippen LogP contribution < -0.4 is 10.5 Å². The molecule has 0 aliphatic carbocycles. The smallest absolute Gasteiger partial charge is 0.141 e. The van der Waals surface area contributed by atoms with Gasteiger partial charge in [0.15, 0.2) is 0 Å². The summed E-state index contributed by atoms with van der Waals surface area (Å²) in [4.78, 5) is 4.88. The Hall–Kier alpha value is -2.33. The Labute approximate surface area is 136 Å². The lowest BCUT2D eigenvalue weighted by Crippen LogP contribution is -2.17. The average molecular weight is 309 g/mol. The van der Waals surface area contributed by atoms with Crippen molar-refractivity contribution in [3.05, 3.63) is 47.5 Å². The third kappa shape index (κ3) is 2.70. The van der Waals surface area contributed by atoms with E-state index in [1.165, 1.54) is 11.1 Å². The fourth-order valence-corrected chi connectivity index (χ4v) is 2.87. The number of aromatic nitrogens is 2. The van der Waals surface area contributed by atoms with Crippen molar-refractivity contribution in [3.8, 4) is 17.1 Å². The minimum absolute atomic E-state index is 0.170. The molecule has 0 saturated heterocycles. The minimum Gasteiger partial charge on any atom is -0.497 e. The molecule has 3 rings (SSSR count). The monoisotopic (exact) mass is 309 g/mol. The molecule has 1 atom stereocenters. The van der Waals surface area contributed by atoms with E-state index in [1.54, 1.807) is 7.11 Å². The van der Waals surface area contributed by atoms with E-state index in [9.17, 15) is 0 Å². The second-order valence-electron chi connectivity index (χ2n) is 6.05. The fourth-order valence-electron chi connectivity index (χ4n) is 2.87. The average Bonchev–Trinajstić information content (AvgIpc) is 2.93. The minimum atomic E-state index is 0.170. The van der Waals surface area contributed by atoms with Crippen molar-refractivity contribution < 1.29 is 4.74 Å². The molecule has 3 aromatic rings. The number of aryl methyl sites for hydroxylation is 2. The van der Waals surface area contributed by atoms with Crippen LogP contribution in [0, 0.1) is 13.8 Å². The summed E-state index contributed by atoms with van der Waals surface area (Å²) in [5.74, 6) is 1.76. The highest BCUT2D eigenvalue weighted by Gasteiger charge is 2.17. The number of rotatable bonds is 4. The van der Waals surface area contributed by atoms with Crippen LogP contribution in [0.25, 0.3) is 22.4 Å². The number of nitrogens with two attached hydrogens (primary N) is 1. The normalized spacial score (nSPS) is 12.6. The maximum Gasteiger partial charge on any atom is 0.141 e. The molecule has 0 fully saturated rings. The molecule has 1 unspecified atom stereocenters. The number of nitrogens with zero attached hydrogens (tertiary/aromatic N) is 2. The number of fused-ring (bicyclic) bond motifs is 1. The number of ether oxygens (including phenoxy) is 1. The third-order valence-electron chi connectivity index (χ3n) is 4.41. The Kier molecular flexibility index (Phi) is 4.09. The molecule has 0 aliphatic heterocycles. The van der Waals surface area contributed by atoms with Crippen LogP contribution in [0.2, 0.25) is 0 Å². The van der Waals surface area contributed by atoms with Gasteiger partial charge in [-0.15, -0.1) is 0 Å². The van der Waals surface area contributed by atoms with Gasteiger partial charge in [0.1, 0.15) is 11.6 Å². The molecule has 4 nitrogen and oxygen atoms in total. The van der Waals surface area contributed by atoms with E-state index in [1.807, 2.05) is 18.2 Å². The lowest BCUT2D eigenvalue weighted by atomic mass is 10.1. The molecular formula is C19H23N3O. The number of benzene rings is 2. The van der Waals surface area contributed by atoms with Crippen molar-refractivity contribution in [1.29, 1.82) is 0 Å². The predicted molar refractivity (Wildman–Crippen MR) is 95.0 cm³/mol. The molecule has 2 aromatic carbocycles. The zero-order valence-electron chi connectivity index (χ0n) is 14.1. The highest BCUT2D eigenvalue weighted by molar-refractivity contribution is 5.82. The van der Waals surface area contributed by atoms with Gasteiger partial charge in [-0.1, -0.05) is 12.1 Å². The molecule has 0 radical (unpaired) electrons. The van der Waals surface area contributed by atoms with Crippen molar-refractivity contribution in [2.75, 3.05) is 13.7 Å². The summed E-state index contributed by atoms with van der Waals surface area (Å²) < 4.78 is 7.59. The first kappa shape index (κ1) is 15.6. The van der Waals surface area contributed by atoms with Gasteiger partial charge >= 0.3 is 0 Å². The maximum absolute atomic E-state index is 5.95. The van der Waals surface area contributed by atoms with Gasteiger partial charge in [0.05, 0.1) is 18.1 Å². The Bertz CT molecular complexity index is 851. The molecule has 1 aromatic heterocycles. The van der Waals surface area contributed by atoms with Crippen molar-refractivity contribution in [1.82, 2.24) is 9.55 Å². The number of hydrogen-bond donors (Lipinski definition) is 1. The molecule has 1 heterocycles. The van der Waals surface area contributed by atoms with Crippen LogP contribution in [0.5, 0.6) is 5.75 Å². The van der Waals surface area contributed by atoms with Crippen LogP contribution in [-0.4, -0.2) is 23.2 Å². The molecule has 120 valence electrons. The van der Waals surface area contributed by atoms with Crippen LogP contribution >= 0.6 is 0 Å². The summed E-state index contributed by atoms with van der Waals surface area (Å²) >= 11 is 0. The molecule has 0 amide bonds. The Morgan fingerprint density at radius 3 is 2.61 bits per heavy atom. The first-order valence-corrected chi connectivity index (χ1v) is 7.88. The molecule has 0 aliphatic rings. The zero-order chi connectivity index (χ0) is 16.6. The summed E-state index contributed by atoms with van der Waals surface area (Å²) in [7, 11) is 1.68. The number of imidazole rings is 1. The first-order valence-electron chi connectivity index (χ1n) is 7.88. The molecule has 0 saturated carbocycles. The van der Waals surface area contributed by atoms with Gasteiger partial charge in [-0.25, -0.2) is 4.98 Å². The summed E-state index contributed by atoms with van der Waals surface area (Å²) in [5, 5.41) is 0. The number of methoxy groups -OCH3 is 1. The van der Waals surface area contributed by atoms with Crippen LogP contribution in [0.1, 0.15) is 24.1 Å². The molecular weight excluding hydrogens is 286 g/mol. The summed E-state index contributed by atoms with van der Waals surface area (Å²) in [6, 6.07) is 12.5. The highest BCUT2D eigenvalue weighted by Crippen LogP contribution is 2.31. The molecule has 0 spiro atoms. The van der Waals surface area contributed by atoms with E-state index >= 15 is 0 Å². The standard InChI is InChI=1S/C19H23N3O/c1-12-8-17-18(9-13(12)2)22(14(3)11-20)19(21-17)15-6-5-7-16(10-15)23-4/h5-10,14H,11,20H2,1-4H3. The van der Waals surface area contributed by atoms with Gasteiger partial charge in [0, 0.05) is 18.2 Å². The van der Waals surface area contributed by atoms with E-state index in [0.717, 1.165) is 28.2 Å². The van der Waals surface area contributed by atoms with Crippen LogP contribution in [0.15, 0.2) is 36.4 Å². The Balaban J connectivity index is 2.30. The second kappa shape index (κ2) is 6.05. The molecule has 0 bridgehead atoms. The van der Waals surface area contributed by atoms with Gasteiger partial charge in [0.2, 0.25) is 0 Å². The quantitative estimate of drug-likeness (QED) is 0.796. The van der Waals surface area contributed by atoms with Crippen molar-refractivity contribution >= 4 is 11.0 Å². The second-order valence-corrected chi connectivity index (χ2v) is 6.05. The Morgan fingerprint density at radius 2 is 1.91 bits per heavy atom. The van der Waals surface area contributed by atoms with Gasteiger partial charge in [-0.2, -0.15) is 0 Å². The molecule has 4 heteroatoms. The number of hydrogen-bond acceptors (Lipinski definition) is 3. The zero-order valence-corrected chi connectivity index (χ0v) is 14.1. The highest BCUT2D eigenvalue weighted by atomic mass is 16.5. The SMILES string of the molecule is COc1cccc(-c2nc3cc(C)c(C)cc3n2C(C)CN)c1. The van der Waals surface area contributed by atoms with Crippen LogP contribution in [0.3, 0.4) is 0 Å². The van der Waals surface area contributed by atoms with Gasteiger partial charge in [-0.05, 0) is 56.2 Å². The van der Waals surface area contributed by atoms with E-state index in [0.29, 0.717) is 6.54 Å². The largest absolute Gasteiger partial charge is 0.497 e. The third-order valence-corrected chi connectivity index (χ3v) is 4.41. The topological polar surface area (TPSA) is 53.1 Å². The van der Waals surface area contributed by atoms with Gasteiger partial charge in [0.25, 0.3) is 0 Å². The summed E-state index contributed by atoms with van der Waals surface area (Å²) in [5.41, 5.74) is 11.6. The Morgan fingerprint density at radius 1 is 1.17 bits per heavy atom.